The van der Waals surface area contributed by atoms with Crippen LogP contribution >= 0.6 is 0 Å². The molecular weight excluding hydrogens is 312 g/mol. The van der Waals surface area contributed by atoms with E-state index in [1.807, 2.05) is 6.07 Å². The fraction of sp³-hybridized carbons (Fsp3) is 0.588. The van der Waals surface area contributed by atoms with Crippen molar-refractivity contribution in [2.45, 2.75) is 49.3 Å². The minimum absolute atomic E-state index is 0.0278. The Morgan fingerprint density at radius 1 is 1.22 bits per heavy atom. The molecule has 0 aromatic heterocycles. The van der Waals surface area contributed by atoms with E-state index in [4.69, 9.17) is 4.74 Å². The van der Waals surface area contributed by atoms with Crippen LogP contribution in [0, 0.1) is 0 Å². The van der Waals surface area contributed by atoms with Gasteiger partial charge in [0.15, 0.2) is 0 Å². The van der Waals surface area contributed by atoms with Crippen molar-refractivity contribution in [3.8, 4) is 5.75 Å². The van der Waals surface area contributed by atoms with Gasteiger partial charge in [0.2, 0.25) is 0 Å². The molecule has 5 nitrogen and oxygen atoms in total. The summed E-state index contributed by atoms with van der Waals surface area (Å²) in [6.07, 6.45) is 7.08. The van der Waals surface area contributed by atoms with Gasteiger partial charge < -0.3 is 9.64 Å². The van der Waals surface area contributed by atoms with E-state index in [0.717, 1.165) is 18.4 Å². The lowest BCUT2D eigenvalue weighted by molar-refractivity contribution is 0.318. The quantitative estimate of drug-likeness (QED) is 0.611. The van der Waals surface area contributed by atoms with E-state index in [1.54, 1.807) is 31.1 Å². The highest BCUT2D eigenvalue weighted by atomic mass is 32.2. The molecule has 0 unspecified atom stereocenters. The number of nitrogens with zero attached hydrogens (tertiary/aromatic N) is 2. The van der Waals surface area contributed by atoms with Gasteiger partial charge in [-0.3, -0.25) is 0 Å². The van der Waals surface area contributed by atoms with Crippen LogP contribution in [-0.2, 0) is 15.4 Å². The first kappa shape index (κ1) is 17.8. The second-order valence-corrected chi connectivity index (χ2v) is 8.25. The standard InChI is InChI=1S/C17H26N2O3S/c1-17(10-6-5-7-11-17)14-8-9-15(22-4)16(12-14)23(20,21)18-13-19(2)3/h8-9,12-13H,5-7,10-11H2,1-4H3. The number of methoxy groups -OCH3 is 1. The number of ether oxygens (including phenoxy) is 1. The second-order valence-electron chi connectivity index (χ2n) is 6.65. The fourth-order valence-corrected chi connectivity index (χ4v) is 4.20. The maximum Gasteiger partial charge on any atom is 0.287 e. The second kappa shape index (κ2) is 6.91. The molecule has 0 heterocycles. The van der Waals surface area contributed by atoms with Gasteiger partial charge >= 0.3 is 0 Å². The first-order valence-corrected chi connectivity index (χ1v) is 9.38. The molecule has 6 heteroatoms. The van der Waals surface area contributed by atoms with Crippen LogP contribution in [0.3, 0.4) is 0 Å². The van der Waals surface area contributed by atoms with Gasteiger partial charge in [-0.1, -0.05) is 32.3 Å². The molecule has 0 aliphatic heterocycles. The molecule has 1 aliphatic carbocycles. The summed E-state index contributed by atoms with van der Waals surface area (Å²) in [5, 5.41) is 0. The summed E-state index contributed by atoms with van der Waals surface area (Å²) in [6, 6.07) is 5.47. The first-order valence-electron chi connectivity index (χ1n) is 7.94. The Hall–Kier alpha value is -1.56. The van der Waals surface area contributed by atoms with Gasteiger partial charge in [0, 0.05) is 14.1 Å². The lowest BCUT2D eigenvalue weighted by Gasteiger charge is -2.34. The molecular formula is C17H26N2O3S. The zero-order valence-electron chi connectivity index (χ0n) is 14.4. The molecule has 0 radical (unpaired) electrons. The lowest BCUT2D eigenvalue weighted by Crippen LogP contribution is -2.25. The van der Waals surface area contributed by atoms with Crippen LogP contribution in [0.2, 0.25) is 0 Å². The molecule has 0 spiro atoms. The lowest BCUT2D eigenvalue weighted by atomic mass is 9.71. The Morgan fingerprint density at radius 2 is 1.87 bits per heavy atom. The normalized spacial score (nSPS) is 18.1. The predicted molar refractivity (Wildman–Crippen MR) is 92.8 cm³/mol. The number of benzene rings is 1. The summed E-state index contributed by atoms with van der Waals surface area (Å²) in [5.41, 5.74) is 1.08. The van der Waals surface area contributed by atoms with Crippen molar-refractivity contribution in [1.29, 1.82) is 0 Å². The van der Waals surface area contributed by atoms with E-state index >= 15 is 0 Å². The minimum Gasteiger partial charge on any atom is -0.495 e. The molecule has 0 bridgehead atoms. The van der Waals surface area contributed by atoms with Gasteiger partial charge in [-0.05, 0) is 36.0 Å². The molecule has 0 atom stereocenters. The maximum atomic E-state index is 12.6. The zero-order chi connectivity index (χ0) is 17.1. The van der Waals surface area contributed by atoms with Crippen molar-refractivity contribution in [3.05, 3.63) is 23.8 Å². The van der Waals surface area contributed by atoms with E-state index in [0.29, 0.717) is 5.75 Å². The first-order chi connectivity index (χ1) is 10.8. The van der Waals surface area contributed by atoms with Crippen molar-refractivity contribution in [3.63, 3.8) is 0 Å². The SMILES string of the molecule is COc1ccc(C2(C)CCCCC2)cc1S(=O)(=O)N=CN(C)C. The van der Waals surface area contributed by atoms with Crippen molar-refractivity contribution in [1.82, 2.24) is 4.90 Å². The Kier molecular flexibility index (Phi) is 5.34. The number of rotatable bonds is 5. The minimum atomic E-state index is -3.78. The van der Waals surface area contributed by atoms with Crippen LogP contribution in [-0.4, -0.2) is 40.9 Å². The summed E-state index contributed by atoms with van der Waals surface area (Å²) in [7, 11) is 1.16. The largest absolute Gasteiger partial charge is 0.495 e. The van der Waals surface area contributed by atoms with E-state index in [9.17, 15) is 8.42 Å². The van der Waals surface area contributed by atoms with Gasteiger partial charge in [-0.2, -0.15) is 8.42 Å². The van der Waals surface area contributed by atoms with Crippen molar-refractivity contribution >= 4 is 16.4 Å². The van der Waals surface area contributed by atoms with Crippen LogP contribution in [0.1, 0.15) is 44.6 Å². The van der Waals surface area contributed by atoms with Crippen LogP contribution < -0.4 is 4.74 Å². The van der Waals surface area contributed by atoms with Gasteiger partial charge in [0.1, 0.15) is 17.0 Å². The maximum absolute atomic E-state index is 12.6. The average molecular weight is 338 g/mol. The highest BCUT2D eigenvalue weighted by molar-refractivity contribution is 7.90. The summed E-state index contributed by atoms with van der Waals surface area (Å²) >= 11 is 0. The average Bonchev–Trinajstić information content (AvgIpc) is 2.53. The van der Waals surface area contributed by atoms with Crippen LogP contribution in [0.4, 0.5) is 0 Å². The van der Waals surface area contributed by atoms with Crippen molar-refractivity contribution in [2.24, 2.45) is 4.40 Å². The Bertz CT molecular complexity index is 675. The smallest absolute Gasteiger partial charge is 0.287 e. The Morgan fingerprint density at radius 3 is 2.43 bits per heavy atom. The van der Waals surface area contributed by atoms with Gasteiger partial charge in [0.05, 0.1) is 7.11 Å². The molecule has 23 heavy (non-hydrogen) atoms. The fourth-order valence-electron chi connectivity index (χ4n) is 3.09. The number of sulfonamides is 1. The third-order valence-corrected chi connectivity index (χ3v) is 5.76. The Labute approximate surface area is 139 Å². The predicted octanol–water partition coefficient (Wildman–Crippen LogP) is 3.20. The molecule has 1 fully saturated rings. The molecule has 0 amide bonds. The summed E-state index contributed by atoms with van der Waals surface area (Å²) in [4.78, 5) is 1.73. The van der Waals surface area contributed by atoms with E-state index in [2.05, 4.69) is 11.3 Å². The third-order valence-electron chi connectivity index (χ3n) is 4.51. The highest BCUT2D eigenvalue weighted by Crippen LogP contribution is 2.41. The molecule has 128 valence electrons. The summed E-state index contributed by atoms with van der Waals surface area (Å²) in [5.74, 6) is 0.337. The topological polar surface area (TPSA) is 59.0 Å². The molecule has 0 N–H and O–H groups in total. The summed E-state index contributed by atoms with van der Waals surface area (Å²) in [6.45, 7) is 2.22. The van der Waals surface area contributed by atoms with Crippen LogP contribution in [0.15, 0.2) is 27.5 Å². The number of hydrogen-bond donors (Lipinski definition) is 0. The van der Waals surface area contributed by atoms with E-state index < -0.39 is 10.0 Å². The van der Waals surface area contributed by atoms with Crippen molar-refractivity contribution < 1.29 is 13.2 Å². The molecule has 1 aromatic rings. The monoisotopic (exact) mass is 338 g/mol. The zero-order valence-corrected chi connectivity index (χ0v) is 15.2. The van der Waals surface area contributed by atoms with Gasteiger partial charge in [-0.15, -0.1) is 4.40 Å². The summed E-state index contributed by atoms with van der Waals surface area (Å²) < 4.78 is 34.1. The van der Waals surface area contributed by atoms with E-state index in [-0.39, 0.29) is 10.3 Å². The van der Waals surface area contributed by atoms with Gasteiger partial charge in [-0.25, -0.2) is 0 Å². The molecule has 1 saturated carbocycles. The van der Waals surface area contributed by atoms with Crippen LogP contribution in [0.5, 0.6) is 5.75 Å². The Balaban J connectivity index is 2.48. The third kappa shape index (κ3) is 4.05. The molecule has 1 aromatic carbocycles. The highest BCUT2D eigenvalue weighted by Gasteiger charge is 2.31. The number of hydrogen-bond acceptors (Lipinski definition) is 3. The molecule has 0 saturated heterocycles. The molecule has 2 rings (SSSR count). The van der Waals surface area contributed by atoms with Crippen molar-refractivity contribution in [2.75, 3.05) is 21.2 Å². The molecule has 1 aliphatic rings. The van der Waals surface area contributed by atoms with Gasteiger partial charge in [0.25, 0.3) is 10.0 Å². The van der Waals surface area contributed by atoms with E-state index in [1.165, 1.54) is 32.7 Å². The van der Waals surface area contributed by atoms with Crippen LogP contribution in [0.25, 0.3) is 0 Å².